The van der Waals surface area contributed by atoms with Crippen LogP contribution in [0.2, 0.25) is 0 Å². The fraction of sp³-hybridized carbons (Fsp3) is 0.588. The number of benzene rings is 1. The van der Waals surface area contributed by atoms with Gasteiger partial charge in [-0.25, -0.2) is 8.78 Å². The first-order valence-electron chi connectivity index (χ1n) is 8.16. The third-order valence-corrected chi connectivity index (χ3v) is 3.76. The SMILES string of the molecule is CN=C(NCCCOCC1CC1)NCCc1c(F)cccc1F. The Bertz CT molecular complexity index is 498. The van der Waals surface area contributed by atoms with E-state index in [1.807, 2.05) is 0 Å². The largest absolute Gasteiger partial charge is 0.381 e. The van der Waals surface area contributed by atoms with Gasteiger partial charge in [-0.15, -0.1) is 0 Å². The molecule has 4 nitrogen and oxygen atoms in total. The lowest BCUT2D eigenvalue weighted by Gasteiger charge is -2.12. The van der Waals surface area contributed by atoms with Crippen molar-refractivity contribution in [3.63, 3.8) is 0 Å². The van der Waals surface area contributed by atoms with E-state index in [1.165, 1.54) is 31.0 Å². The van der Waals surface area contributed by atoms with E-state index in [0.717, 1.165) is 32.1 Å². The third kappa shape index (κ3) is 6.52. The Morgan fingerprint density at radius 3 is 2.57 bits per heavy atom. The number of guanidine groups is 1. The van der Waals surface area contributed by atoms with Gasteiger partial charge in [-0.3, -0.25) is 4.99 Å². The lowest BCUT2D eigenvalue weighted by molar-refractivity contribution is 0.123. The standard InChI is InChI=1S/C17H25F2N3O/c1-20-17(21-9-3-11-23-12-13-6-7-13)22-10-8-14-15(18)4-2-5-16(14)19/h2,4-5,13H,3,6-12H2,1H3,(H2,20,21,22). The molecule has 0 bridgehead atoms. The molecule has 0 radical (unpaired) electrons. The maximum atomic E-state index is 13.5. The average molecular weight is 325 g/mol. The number of nitrogens with one attached hydrogen (secondary N) is 2. The molecular weight excluding hydrogens is 300 g/mol. The van der Waals surface area contributed by atoms with Crippen LogP contribution >= 0.6 is 0 Å². The van der Waals surface area contributed by atoms with Crippen molar-refractivity contribution in [1.82, 2.24) is 10.6 Å². The van der Waals surface area contributed by atoms with Crippen LogP contribution in [-0.4, -0.2) is 39.3 Å². The summed E-state index contributed by atoms with van der Waals surface area (Å²) in [7, 11) is 1.67. The van der Waals surface area contributed by atoms with E-state index in [0.29, 0.717) is 12.5 Å². The van der Waals surface area contributed by atoms with Gasteiger partial charge >= 0.3 is 0 Å². The van der Waals surface area contributed by atoms with E-state index in [2.05, 4.69) is 15.6 Å². The van der Waals surface area contributed by atoms with Gasteiger partial charge < -0.3 is 15.4 Å². The van der Waals surface area contributed by atoms with Crippen LogP contribution in [0.3, 0.4) is 0 Å². The monoisotopic (exact) mass is 325 g/mol. The molecule has 0 unspecified atom stereocenters. The zero-order valence-electron chi connectivity index (χ0n) is 13.6. The molecule has 1 aliphatic rings. The Morgan fingerprint density at radius 1 is 1.22 bits per heavy atom. The summed E-state index contributed by atoms with van der Waals surface area (Å²) in [6.45, 7) is 2.77. The number of nitrogens with zero attached hydrogens (tertiary/aromatic N) is 1. The Kier molecular flexibility index (Phi) is 7.26. The molecule has 1 aromatic rings. The summed E-state index contributed by atoms with van der Waals surface area (Å²) < 4.78 is 32.6. The minimum absolute atomic E-state index is 0.101. The average Bonchev–Trinajstić information content (AvgIpc) is 3.35. The van der Waals surface area contributed by atoms with Crippen LogP contribution in [0.15, 0.2) is 23.2 Å². The Labute approximate surface area is 136 Å². The number of halogens is 2. The summed E-state index contributed by atoms with van der Waals surface area (Å²) in [5, 5.41) is 6.22. The lowest BCUT2D eigenvalue weighted by Crippen LogP contribution is -2.39. The van der Waals surface area contributed by atoms with Gasteiger partial charge in [-0.2, -0.15) is 0 Å². The van der Waals surface area contributed by atoms with Gasteiger partial charge in [-0.1, -0.05) is 6.07 Å². The molecule has 1 fully saturated rings. The molecule has 0 aromatic heterocycles. The normalized spacial score (nSPS) is 14.8. The zero-order chi connectivity index (χ0) is 16.5. The van der Waals surface area contributed by atoms with Crippen molar-refractivity contribution in [3.8, 4) is 0 Å². The van der Waals surface area contributed by atoms with Crippen molar-refractivity contribution < 1.29 is 13.5 Å². The van der Waals surface area contributed by atoms with E-state index in [-0.39, 0.29) is 12.0 Å². The Balaban J connectivity index is 1.58. The van der Waals surface area contributed by atoms with Gasteiger partial charge in [0.25, 0.3) is 0 Å². The molecule has 0 spiro atoms. The molecule has 6 heteroatoms. The molecule has 23 heavy (non-hydrogen) atoms. The van der Waals surface area contributed by atoms with Crippen LogP contribution in [0, 0.1) is 17.6 Å². The molecule has 128 valence electrons. The summed E-state index contributed by atoms with van der Waals surface area (Å²) in [5.41, 5.74) is 0.101. The van der Waals surface area contributed by atoms with Crippen molar-refractivity contribution in [2.24, 2.45) is 10.9 Å². The summed E-state index contributed by atoms with van der Waals surface area (Å²) in [5.74, 6) is 0.394. The zero-order valence-corrected chi connectivity index (χ0v) is 13.6. The Hall–Kier alpha value is -1.69. The maximum Gasteiger partial charge on any atom is 0.190 e. The van der Waals surface area contributed by atoms with Crippen LogP contribution in [0.25, 0.3) is 0 Å². The molecule has 1 saturated carbocycles. The molecule has 2 N–H and O–H groups in total. The van der Waals surface area contributed by atoms with E-state index in [4.69, 9.17) is 4.74 Å². The van der Waals surface area contributed by atoms with Gasteiger partial charge in [0.1, 0.15) is 11.6 Å². The second-order valence-electron chi connectivity index (χ2n) is 5.75. The molecule has 2 rings (SSSR count). The highest BCUT2D eigenvalue weighted by atomic mass is 19.1. The molecule has 0 atom stereocenters. The number of aliphatic imine (C=N–C) groups is 1. The second-order valence-corrected chi connectivity index (χ2v) is 5.75. The van der Waals surface area contributed by atoms with Gasteiger partial charge in [0.2, 0.25) is 0 Å². The lowest BCUT2D eigenvalue weighted by atomic mass is 10.1. The summed E-state index contributed by atoms with van der Waals surface area (Å²) in [6.07, 6.45) is 3.77. The van der Waals surface area contributed by atoms with Crippen molar-refractivity contribution in [2.75, 3.05) is 33.4 Å². The summed E-state index contributed by atoms with van der Waals surface area (Å²) in [4.78, 5) is 4.09. The number of hydrogen-bond acceptors (Lipinski definition) is 2. The predicted octanol–water partition coefficient (Wildman–Crippen LogP) is 2.49. The van der Waals surface area contributed by atoms with E-state index in [1.54, 1.807) is 7.05 Å². The van der Waals surface area contributed by atoms with Crippen LogP contribution in [0.5, 0.6) is 0 Å². The quantitative estimate of drug-likeness (QED) is 0.416. The highest BCUT2D eigenvalue weighted by Crippen LogP contribution is 2.28. The number of rotatable bonds is 9. The first-order chi connectivity index (χ1) is 11.2. The molecule has 0 amide bonds. The van der Waals surface area contributed by atoms with Gasteiger partial charge in [0.05, 0.1) is 0 Å². The smallest absolute Gasteiger partial charge is 0.190 e. The highest BCUT2D eigenvalue weighted by Gasteiger charge is 2.20. The first-order valence-corrected chi connectivity index (χ1v) is 8.16. The minimum Gasteiger partial charge on any atom is -0.381 e. The van der Waals surface area contributed by atoms with Crippen LogP contribution in [0.4, 0.5) is 8.78 Å². The number of ether oxygens (including phenoxy) is 1. The molecular formula is C17H25F2N3O. The fourth-order valence-electron chi connectivity index (χ4n) is 2.21. The first kappa shape index (κ1) is 17.7. The van der Waals surface area contributed by atoms with Crippen molar-refractivity contribution in [2.45, 2.75) is 25.7 Å². The molecule has 0 saturated heterocycles. The molecule has 0 heterocycles. The van der Waals surface area contributed by atoms with Gasteiger partial charge in [0.15, 0.2) is 5.96 Å². The van der Waals surface area contributed by atoms with E-state index in [9.17, 15) is 8.78 Å². The summed E-state index contributed by atoms with van der Waals surface area (Å²) in [6, 6.07) is 3.91. The van der Waals surface area contributed by atoms with Crippen LogP contribution in [0.1, 0.15) is 24.8 Å². The van der Waals surface area contributed by atoms with E-state index >= 15 is 0 Å². The third-order valence-electron chi connectivity index (χ3n) is 3.76. The molecule has 1 aliphatic carbocycles. The highest BCUT2D eigenvalue weighted by molar-refractivity contribution is 5.79. The number of hydrogen-bond donors (Lipinski definition) is 2. The topological polar surface area (TPSA) is 45.7 Å². The minimum atomic E-state index is -0.512. The van der Waals surface area contributed by atoms with Crippen molar-refractivity contribution in [3.05, 3.63) is 35.4 Å². The predicted molar refractivity (Wildman–Crippen MR) is 87.6 cm³/mol. The fourth-order valence-corrected chi connectivity index (χ4v) is 2.21. The maximum absolute atomic E-state index is 13.5. The second kappa shape index (κ2) is 9.45. The Morgan fingerprint density at radius 2 is 1.91 bits per heavy atom. The summed E-state index contributed by atoms with van der Waals surface area (Å²) >= 11 is 0. The van der Waals surface area contributed by atoms with Gasteiger partial charge in [-0.05, 0) is 43.7 Å². The van der Waals surface area contributed by atoms with Crippen LogP contribution < -0.4 is 10.6 Å². The molecule has 1 aromatic carbocycles. The van der Waals surface area contributed by atoms with Gasteiger partial charge in [0, 0.05) is 38.9 Å². The molecule has 0 aliphatic heterocycles. The van der Waals surface area contributed by atoms with Crippen molar-refractivity contribution in [1.29, 1.82) is 0 Å². The van der Waals surface area contributed by atoms with Crippen molar-refractivity contribution >= 4 is 5.96 Å². The van der Waals surface area contributed by atoms with E-state index < -0.39 is 11.6 Å². The van der Waals surface area contributed by atoms with Crippen LogP contribution in [-0.2, 0) is 11.2 Å².